The lowest BCUT2D eigenvalue weighted by molar-refractivity contribution is 0.169. The topological polar surface area (TPSA) is 89.6 Å². The minimum Gasteiger partial charge on any atom is -0.493 e. The van der Waals surface area contributed by atoms with Crippen LogP contribution in [0.1, 0.15) is 30.9 Å². The van der Waals surface area contributed by atoms with Crippen molar-refractivity contribution in [2.75, 3.05) is 24.7 Å². The summed E-state index contributed by atoms with van der Waals surface area (Å²) >= 11 is 0. The molecule has 1 atom stereocenters. The molecule has 21 heavy (non-hydrogen) atoms. The third-order valence-electron chi connectivity index (χ3n) is 3.84. The molecule has 3 N–H and O–H groups in total. The highest BCUT2D eigenvalue weighted by atomic mass is 32.2. The highest BCUT2D eigenvalue weighted by Gasteiger charge is 2.23. The van der Waals surface area contributed by atoms with Crippen LogP contribution in [-0.4, -0.2) is 38.2 Å². The summed E-state index contributed by atoms with van der Waals surface area (Å²) < 4.78 is 28.5. The van der Waals surface area contributed by atoms with Crippen molar-refractivity contribution in [3.63, 3.8) is 0 Å². The van der Waals surface area contributed by atoms with E-state index in [4.69, 9.17) is 10.5 Å². The molecule has 1 saturated heterocycles. The molecule has 1 aliphatic heterocycles. The molecule has 1 heterocycles. The van der Waals surface area contributed by atoms with Gasteiger partial charge in [-0.1, -0.05) is 12.1 Å². The first-order valence-electron chi connectivity index (χ1n) is 7.31. The molecule has 0 spiro atoms. The maximum Gasteiger partial charge on any atom is 0.150 e. The van der Waals surface area contributed by atoms with Gasteiger partial charge in [0.15, 0.2) is 0 Å². The van der Waals surface area contributed by atoms with Crippen LogP contribution >= 0.6 is 0 Å². The molecule has 0 bridgehead atoms. The van der Waals surface area contributed by atoms with Crippen molar-refractivity contribution >= 4 is 9.84 Å². The van der Waals surface area contributed by atoms with Crippen molar-refractivity contribution < 1.29 is 18.3 Å². The highest BCUT2D eigenvalue weighted by Crippen LogP contribution is 2.24. The van der Waals surface area contributed by atoms with E-state index >= 15 is 0 Å². The number of aliphatic hydroxyl groups excluding tert-OH is 1. The third kappa shape index (κ3) is 4.98. The van der Waals surface area contributed by atoms with Crippen molar-refractivity contribution in [3.8, 4) is 5.75 Å². The van der Waals surface area contributed by atoms with Crippen LogP contribution in [0.3, 0.4) is 0 Å². The Bertz CT molecular complexity index is 545. The Balaban J connectivity index is 1.87. The molecule has 0 aliphatic carbocycles. The van der Waals surface area contributed by atoms with Crippen LogP contribution in [0.5, 0.6) is 5.75 Å². The number of hydrogen-bond donors (Lipinski definition) is 2. The van der Waals surface area contributed by atoms with E-state index in [9.17, 15) is 13.5 Å². The Morgan fingerprint density at radius 1 is 1.33 bits per heavy atom. The summed E-state index contributed by atoms with van der Waals surface area (Å²) in [6.45, 7) is 0.953. The molecule has 1 aromatic rings. The van der Waals surface area contributed by atoms with Gasteiger partial charge in [-0.2, -0.15) is 0 Å². The molecule has 0 radical (unpaired) electrons. The van der Waals surface area contributed by atoms with Crippen LogP contribution in [-0.2, 0) is 9.84 Å². The van der Waals surface area contributed by atoms with Gasteiger partial charge in [-0.05, 0) is 49.4 Å². The quantitative estimate of drug-likeness (QED) is 0.825. The van der Waals surface area contributed by atoms with Crippen molar-refractivity contribution in [1.29, 1.82) is 0 Å². The van der Waals surface area contributed by atoms with Crippen molar-refractivity contribution in [2.24, 2.45) is 11.7 Å². The van der Waals surface area contributed by atoms with Gasteiger partial charge in [-0.15, -0.1) is 0 Å². The van der Waals surface area contributed by atoms with Gasteiger partial charge in [0.05, 0.1) is 24.2 Å². The summed E-state index contributed by atoms with van der Waals surface area (Å²) in [5.74, 6) is 1.51. The first-order chi connectivity index (χ1) is 10.00. The smallest absolute Gasteiger partial charge is 0.150 e. The molecule has 2 rings (SSSR count). The van der Waals surface area contributed by atoms with Gasteiger partial charge in [-0.25, -0.2) is 8.42 Å². The molecule has 0 saturated carbocycles. The molecule has 0 aromatic heterocycles. The summed E-state index contributed by atoms with van der Waals surface area (Å²) in [5.41, 5.74) is 6.24. The Morgan fingerprint density at radius 2 is 2.05 bits per heavy atom. The minimum atomic E-state index is -2.82. The average Bonchev–Trinajstić information content (AvgIpc) is 2.47. The highest BCUT2D eigenvalue weighted by molar-refractivity contribution is 7.91. The van der Waals surface area contributed by atoms with Gasteiger partial charge < -0.3 is 15.6 Å². The lowest BCUT2D eigenvalue weighted by Gasteiger charge is -2.22. The van der Waals surface area contributed by atoms with E-state index in [1.165, 1.54) is 0 Å². The predicted octanol–water partition coefficient (Wildman–Crippen LogP) is 1.27. The lowest BCUT2D eigenvalue weighted by Crippen LogP contribution is -2.26. The lowest BCUT2D eigenvalue weighted by atomic mass is 10.0. The molecule has 1 aliphatic rings. The number of rotatable bonds is 6. The van der Waals surface area contributed by atoms with E-state index in [0.717, 1.165) is 5.56 Å². The molecule has 5 nitrogen and oxygen atoms in total. The van der Waals surface area contributed by atoms with E-state index in [1.807, 2.05) is 24.3 Å². The van der Waals surface area contributed by atoms with Crippen LogP contribution in [0.2, 0.25) is 0 Å². The average molecular weight is 313 g/mol. The van der Waals surface area contributed by atoms with Crippen LogP contribution in [0.15, 0.2) is 24.3 Å². The van der Waals surface area contributed by atoms with Crippen LogP contribution in [0.25, 0.3) is 0 Å². The van der Waals surface area contributed by atoms with E-state index < -0.39 is 15.9 Å². The fourth-order valence-corrected chi connectivity index (χ4v) is 4.04. The number of ether oxygens (including phenoxy) is 1. The molecular formula is C15H23NO4S. The summed E-state index contributed by atoms with van der Waals surface area (Å²) in [6, 6.07) is 7.36. The summed E-state index contributed by atoms with van der Waals surface area (Å²) in [5, 5.41) is 9.92. The molecule has 118 valence electrons. The van der Waals surface area contributed by atoms with Crippen LogP contribution in [0.4, 0.5) is 0 Å². The summed E-state index contributed by atoms with van der Waals surface area (Å²) in [6.07, 6.45) is 1.28. The Kier molecular flexibility index (Phi) is 5.61. The van der Waals surface area contributed by atoms with Crippen LogP contribution in [0, 0.1) is 5.92 Å². The Hall–Kier alpha value is -1.11. The zero-order valence-electron chi connectivity index (χ0n) is 12.1. The van der Waals surface area contributed by atoms with Crippen LogP contribution < -0.4 is 10.5 Å². The van der Waals surface area contributed by atoms with Crippen molar-refractivity contribution in [2.45, 2.75) is 25.4 Å². The standard InChI is InChI=1S/C15H23NO4S/c16-7-4-15(17)13-2-1-3-14(10-13)20-11-12-5-8-21(18,19)9-6-12/h1-3,10,12,15,17H,4-9,11,16H2. The number of hydrogen-bond acceptors (Lipinski definition) is 5. The summed E-state index contributed by atoms with van der Waals surface area (Å²) in [4.78, 5) is 0. The van der Waals surface area contributed by atoms with Crippen molar-refractivity contribution in [1.82, 2.24) is 0 Å². The molecule has 1 fully saturated rings. The van der Waals surface area contributed by atoms with E-state index in [1.54, 1.807) is 0 Å². The first kappa shape index (κ1) is 16.3. The van der Waals surface area contributed by atoms with E-state index in [2.05, 4.69) is 0 Å². The van der Waals surface area contributed by atoms with Crippen molar-refractivity contribution in [3.05, 3.63) is 29.8 Å². The van der Waals surface area contributed by atoms with Gasteiger partial charge >= 0.3 is 0 Å². The summed E-state index contributed by atoms with van der Waals surface area (Å²) in [7, 11) is -2.82. The maximum atomic E-state index is 11.4. The van der Waals surface area contributed by atoms with Gasteiger partial charge in [0.2, 0.25) is 0 Å². The molecule has 1 unspecified atom stereocenters. The minimum absolute atomic E-state index is 0.260. The molecular weight excluding hydrogens is 290 g/mol. The third-order valence-corrected chi connectivity index (χ3v) is 5.56. The Labute approximate surface area is 126 Å². The zero-order valence-corrected chi connectivity index (χ0v) is 12.9. The second-order valence-corrected chi connectivity index (χ2v) is 7.88. The van der Waals surface area contributed by atoms with E-state index in [-0.39, 0.29) is 17.4 Å². The number of aliphatic hydroxyl groups is 1. The molecule has 1 aromatic carbocycles. The monoisotopic (exact) mass is 313 g/mol. The first-order valence-corrected chi connectivity index (χ1v) is 9.13. The molecule has 0 amide bonds. The second-order valence-electron chi connectivity index (χ2n) is 5.57. The molecule has 6 heteroatoms. The SMILES string of the molecule is NCCC(O)c1cccc(OCC2CCS(=O)(=O)CC2)c1. The van der Waals surface area contributed by atoms with E-state index in [0.29, 0.717) is 38.2 Å². The largest absolute Gasteiger partial charge is 0.493 e. The number of sulfone groups is 1. The number of nitrogens with two attached hydrogens (primary N) is 1. The van der Waals surface area contributed by atoms with Gasteiger partial charge in [0.1, 0.15) is 15.6 Å². The zero-order chi connectivity index (χ0) is 15.3. The van der Waals surface area contributed by atoms with Gasteiger partial charge in [0.25, 0.3) is 0 Å². The second kappa shape index (κ2) is 7.24. The Morgan fingerprint density at radius 3 is 2.71 bits per heavy atom. The maximum absolute atomic E-state index is 11.4. The number of benzene rings is 1. The fraction of sp³-hybridized carbons (Fsp3) is 0.600. The normalized spacial score (nSPS) is 20.1. The fourth-order valence-electron chi connectivity index (χ4n) is 2.46. The van der Waals surface area contributed by atoms with Gasteiger partial charge in [0, 0.05) is 0 Å². The predicted molar refractivity (Wildman–Crippen MR) is 81.9 cm³/mol. The van der Waals surface area contributed by atoms with Gasteiger partial charge in [-0.3, -0.25) is 0 Å².